The molecule has 1 aliphatic heterocycles. The van der Waals surface area contributed by atoms with Gasteiger partial charge in [0.05, 0.1) is 7.11 Å². The summed E-state index contributed by atoms with van der Waals surface area (Å²) in [7, 11) is 2.98. The number of amides is 2. The number of nitrogens with one attached hydrogen (secondary N) is 1. The maximum atomic E-state index is 13.0. The number of methoxy groups -OCH3 is 1. The van der Waals surface area contributed by atoms with Crippen molar-refractivity contribution in [1.82, 2.24) is 10.2 Å². The lowest BCUT2D eigenvalue weighted by atomic mass is 10.1. The molecule has 28 heavy (non-hydrogen) atoms. The van der Waals surface area contributed by atoms with Gasteiger partial charge in [0.15, 0.2) is 16.6 Å². The standard InChI is InChI=1S/C20H17FN2O4S/c1-23-19(25)15(18(24)22-20(23)28)9-13-5-8-16(17(10-13)26-2)27-11-12-3-6-14(21)7-4-12/h3-10H,11H2,1-2H3,(H,22,24,28). The number of carbonyl (C=O) groups excluding carboxylic acids is 2. The minimum atomic E-state index is -0.552. The van der Waals surface area contributed by atoms with E-state index in [-0.39, 0.29) is 23.1 Å². The number of benzene rings is 2. The van der Waals surface area contributed by atoms with Crippen LogP contribution in [0.1, 0.15) is 11.1 Å². The number of hydrogen-bond donors (Lipinski definition) is 1. The Hall–Kier alpha value is -3.26. The second-order valence-corrected chi connectivity index (χ2v) is 6.39. The summed E-state index contributed by atoms with van der Waals surface area (Å²) in [5.74, 6) is -0.435. The molecule has 0 saturated carbocycles. The number of thiocarbonyl (C=S) groups is 1. The molecule has 3 rings (SSSR count). The van der Waals surface area contributed by atoms with Crippen LogP contribution in [0.15, 0.2) is 48.0 Å². The van der Waals surface area contributed by atoms with Crippen LogP contribution in [0.4, 0.5) is 4.39 Å². The van der Waals surface area contributed by atoms with Crippen molar-refractivity contribution in [3.63, 3.8) is 0 Å². The number of hydrogen-bond acceptors (Lipinski definition) is 5. The first-order chi connectivity index (χ1) is 13.4. The van der Waals surface area contributed by atoms with Gasteiger partial charge in [-0.3, -0.25) is 19.8 Å². The molecule has 0 spiro atoms. The molecule has 1 N–H and O–H groups in total. The summed E-state index contributed by atoms with van der Waals surface area (Å²) in [4.78, 5) is 25.5. The third-order valence-corrected chi connectivity index (χ3v) is 4.49. The fourth-order valence-corrected chi connectivity index (χ4v) is 2.72. The first-order valence-corrected chi connectivity index (χ1v) is 8.70. The lowest BCUT2D eigenvalue weighted by Gasteiger charge is -2.25. The van der Waals surface area contributed by atoms with Crippen LogP contribution in [0.2, 0.25) is 0 Å². The van der Waals surface area contributed by atoms with Crippen LogP contribution >= 0.6 is 12.2 Å². The van der Waals surface area contributed by atoms with Crippen LogP contribution in [0.25, 0.3) is 6.08 Å². The molecule has 2 aromatic rings. The first kappa shape index (κ1) is 19.5. The van der Waals surface area contributed by atoms with Gasteiger partial charge in [0.1, 0.15) is 18.0 Å². The minimum Gasteiger partial charge on any atom is -0.493 e. The highest BCUT2D eigenvalue weighted by Gasteiger charge is 2.30. The Morgan fingerprint density at radius 3 is 2.54 bits per heavy atom. The van der Waals surface area contributed by atoms with Gasteiger partial charge in [-0.1, -0.05) is 18.2 Å². The molecule has 6 nitrogen and oxygen atoms in total. The number of ether oxygens (including phenoxy) is 2. The van der Waals surface area contributed by atoms with Gasteiger partial charge in [0, 0.05) is 7.05 Å². The molecule has 1 fully saturated rings. The van der Waals surface area contributed by atoms with Crippen molar-refractivity contribution in [2.24, 2.45) is 0 Å². The van der Waals surface area contributed by atoms with E-state index in [4.69, 9.17) is 21.7 Å². The predicted molar refractivity (Wildman–Crippen MR) is 105 cm³/mol. The van der Waals surface area contributed by atoms with E-state index in [0.29, 0.717) is 17.1 Å². The Balaban J connectivity index is 1.81. The number of rotatable bonds is 5. The van der Waals surface area contributed by atoms with Crippen molar-refractivity contribution in [3.05, 3.63) is 65.0 Å². The van der Waals surface area contributed by atoms with Gasteiger partial charge in [0.2, 0.25) is 0 Å². The monoisotopic (exact) mass is 400 g/mol. The van der Waals surface area contributed by atoms with Gasteiger partial charge >= 0.3 is 0 Å². The fourth-order valence-electron chi connectivity index (χ4n) is 2.55. The molecule has 2 aromatic carbocycles. The molecular weight excluding hydrogens is 383 g/mol. The summed E-state index contributed by atoms with van der Waals surface area (Å²) in [6, 6.07) is 11.0. The van der Waals surface area contributed by atoms with Gasteiger partial charge in [-0.05, 0) is 53.7 Å². The quantitative estimate of drug-likeness (QED) is 0.475. The molecule has 0 bridgehead atoms. The Morgan fingerprint density at radius 1 is 1.14 bits per heavy atom. The van der Waals surface area contributed by atoms with E-state index in [1.165, 1.54) is 37.3 Å². The lowest BCUT2D eigenvalue weighted by molar-refractivity contribution is -0.128. The average molecular weight is 400 g/mol. The van der Waals surface area contributed by atoms with Crippen LogP contribution in [-0.4, -0.2) is 36.0 Å². The normalized spacial score (nSPS) is 15.6. The number of nitrogens with zero attached hydrogens (tertiary/aromatic N) is 1. The van der Waals surface area contributed by atoms with E-state index >= 15 is 0 Å². The second-order valence-electron chi connectivity index (χ2n) is 6.01. The maximum Gasteiger partial charge on any atom is 0.265 e. The molecular formula is C20H17FN2O4S. The zero-order chi connectivity index (χ0) is 20.3. The third-order valence-electron chi connectivity index (χ3n) is 4.11. The molecule has 2 amide bonds. The molecule has 1 saturated heterocycles. The second kappa shape index (κ2) is 8.18. The summed E-state index contributed by atoms with van der Waals surface area (Å²) in [5, 5.41) is 2.52. The highest BCUT2D eigenvalue weighted by atomic mass is 32.1. The minimum absolute atomic E-state index is 0.0295. The van der Waals surface area contributed by atoms with E-state index in [9.17, 15) is 14.0 Å². The summed E-state index contributed by atoms with van der Waals surface area (Å²) < 4.78 is 24.1. The van der Waals surface area contributed by atoms with E-state index in [1.807, 2.05) is 0 Å². The Bertz CT molecular complexity index is 973. The van der Waals surface area contributed by atoms with E-state index in [0.717, 1.165) is 5.56 Å². The Morgan fingerprint density at radius 2 is 1.86 bits per heavy atom. The topological polar surface area (TPSA) is 67.9 Å². The van der Waals surface area contributed by atoms with Crippen LogP contribution in [0, 0.1) is 5.82 Å². The molecule has 0 aromatic heterocycles. The SMILES string of the molecule is COc1cc(C=C2C(=O)NC(=S)N(C)C2=O)ccc1OCc1ccc(F)cc1. The summed E-state index contributed by atoms with van der Waals surface area (Å²) in [6.45, 7) is 0.236. The molecule has 0 unspecified atom stereocenters. The maximum absolute atomic E-state index is 13.0. The largest absolute Gasteiger partial charge is 0.493 e. The van der Waals surface area contributed by atoms with Crippen molar-refractivity contribution in [3.8, 4) is 11.5 Å². The summed E-state index contributed by atoms with van der Waals surface area (Å²) in [5.41, 5.74) is 1.36. The number of likely N-dealkylation sites (N-methyl/N-ethyl adjacent to an activating group) is 1. The van der Waals surface area contributed by atoms with Crippen molar-refractivity contribution < 1.29 is 23.5 Å². The average Bonchev–Trinajstić information content (AvgIpc) is 2.69. The van der Waals surface area contributed by atoms with Gasteiger partial charge < -0.3 is 9.47 Å². The molecule has 1 heterocycles. The van der Waals surface area contributed by atoms with E-state index in [1.54, 1.807) is 30.3 Å². The van der Waals surface area contributed by atoms with Crippen LogP contribution in [-0.2, 0) is 16.2 Å². The summed E-state index contributed by atoms with van der Waals surface area (Å²) >= 11 is 4.92. The van der Waals surface area contributed by atoms with Crippen molar-refractivity contribution in [2.45, 2.75) is 6.61 Å². The Labute approximate surface area is 166 Å². The molecule has 144 valence electrons. The third kappa shape index (κ3) is 4.17. The summed E-state index contributed by atoms with van der Waals surface area (Å²) in [6.07, 6.45) is 1.46. The van der Waals surface area contributed by atoms with Gasteiger partial charge in [0.25, 0.3) is 11.8 Å². The van der Waals surface area contributed by atoms with Crippen LogP contribution in [0.5, 0.6) is 11.5 Å². The first-order valence-electron chi connectivity index (χ1n) is 8.29. The van der Waals surface area contributed by atoms with E-state index < -0.39 is 11.8 Å². The number of halogens is 1. The van der Waals surface area contributed by atoms with Crippen molar-refractivity contribution in [1.29, 1.82) is 0 Å². The molecule has 0 atom stereocenters. The van der Waals surface area contributed by atoms with Gasteiger partial charge in [-0.2, -0.15) is 0 Å². The van der Waals surface area contributed by atoms with Crippen LogP contribution in [0.3, 0.4) is 0 Å². The van der Waals surface area contributed by atoms with Crippen molar-refractivity contribution in [2.75, 3.05) is 14.2 Å². The van der Waals surface area contributed by atoms with E-state index in [2.05, 4.69) is 5.32 Å². The zero-order valence-electron chi connectivity index (χ0n) is 15.2. The molecule has 0 aliphatic carbocycles. The fraction of sp³-hybridized carbons (Fsp3) is 0.150. The highest BCUT2D eigenvalue weighted by Crippen LogP contribution is 2.30. The van der Waals surface area contributed by atoms with Gasteiger partial charge in [-0.15, -0.1) is 0 Å². The van der Waals surface area contributed by atoms with Crippen molar-refractivity contribution >= 4 is 35.2 Å². The lowest BCUT2D eigenvalue weighted by Crippen LogP contribution is -2.52. The smallest absolute Gasteiger partial charge is 0.265 e. The zero-order valence-corrected chi connectivity index (χ0v) is 16.0. The molecule has 1 aliphatic rings. The Kier molecular flexibility index (Phi) is 5.70. The van der Waals surface area contributed by atoms with Gasteiger partial charge in [-0.25, -0.2) is 4.39 Å². The predicted octanol–water partition coefficient (Wildman–Crippen LogP) is 2.67. The molecule has 8 heteroatoms. The highest BCUT2D eigenvalue weighted by molar-refractivity contribution is 7.80. The molecule has 0 radical (unpaired) electrons. The number of carbonyl (C=O) groups is 2. The van der Waals surface area contributed by atoms with Crippen LogP contribution < -0.4 is 14.8 Å².